The van der Waals surface area contributed by atoms with E-state index in [2.05, 4.69) is 77.1 Å². The van der Waals surface area contributed by atoms with Gasteiger partial charge >= 0.3 is 0 Å². The molecule has 3 heteroatoms. The van der Waals surface area contributed by atoms with Gasteiger partial charge in [-0.1, -0.05) is 58.9 Å². The first kappa shape index (κ1) is 22.0. The van der Waals surface area contributed by atoms with E-state index in [0.717, 1.165) is 58.5 Å². The van der Waals surface area contributed by atoms with Gasteiger partial charge < -0.3 is 4.42 Å². The van der Waals surface area contributed by atoms with Crippen LogP contribution in [0.2, 0.25) is 0 Å². The Morgan fingerprint density at radius 3 is 2.49 bits per heavy atom. The number of benzene rings is 2. The second-order valence-electron chi connectivity index (χ2n) is 11.3. The molecule has 3 aromatic heterocycles. The average molecular weight is 461 g/mol. The number of pyridine rings is 2. The maximum atomic E-state index is 6.44. The minimum absolute atomic E-state index is 0.0131. The van der Waals surface area contributed by atoms with Gasteiger partial charge in [0.05, 0.1) is 22.3 Å². The van der Waals surface area contributed by atoms with Crippen LogP contribution in [0.1, 0.15) is 57.1 Å². The van der Waals surface area contributed by atoms with Crippen molar-refractivity contribution in [3.8, 4) is 22.5 Å². The van der Waals surface area contributed by atoms with Crippen LogP contribution < -0.4 is 0 Å². The zero-order valence-corrected chi connectivity index (χ0v) is 21.3. The van der Waals surface area contributed by atoms with Crippen LogP contribution in [-0.4, -0.2) is 9.97 Å². The van der Waals surface area contributed by atoms with Gasteiger partial charge in [-0.15, -0.1) is 0 Å². The van der Waals surface area contributed by atoms with E-state index in [1.165, 1.54) is 27.5 Å². The first-order valence-corrected chi connectivity index (χ1v) is 12.7. The molecule has 5 aromatic rings. The predicted molar refractivity (Wildman–Crippen MR) is 145 cm³/mol. The summed E-state index contributed by atoms with van der Waals surface area (Å²) in [5, 5.41) is 3.63. The molecule has 0 unspecified atom stereocenters. The molecule has 0 saturated heterocycles. The first-order chi connectivity index (χ1) is 16.8. The van der Waals surface area contributed by atoms with E-state index in [1.54, 1.807) is 0 Å². The Balaban J connectivity index is 1.64. The van der Waals surface area contributed by atoms with E-state index in [4.69, 9.17) is 14.4 Å². The number of hydrogen-bond donors (Lipinski definition) is 0. The molecule has 3 nitrogen and oxygen atoms in total. The van der Waals surface area contributed by atoms with Crippen LogP contribution in [0.15, 0.2) is 65.3 Å². The lowest BCUT2D eigenvalue weighted by atomic mass is 9.81. The Hall–Kier alpha value is -3.46. The fourth-order valence-electron chi connectivity index (χ4n) is 5.70. The number of hydrogen-bond acceptors (Lipinski definition) is 3. The second kappa shape index (κ2) is 8.05. The van der Waals surface area contributed by atoms with Gasteiger partial charge in [0, 0.05) is 24.4 Å². The van der Waals surface area contributed by atoms with Crippen molar-refractivity contribution >= 4 is 21.7 Å². The number of nitrogens with zero attached hydrogens (tertiary/aromatic N) is 2. The van der Waals surface area contributed by atoms with Crippen molar-refractivity contribution in [2.45, 2.75) is 59.3 Å². The van der Waals surface area contributed by atoms with Crippen molar-refractivity contribution in [1.82, 2.24) is 9.97 Å². The molecular weight excluding hydrogens is 428 g/mol. The minimum atomic E-state index is 0.0131. The van der Waals surface area contributed by atoms with Crippen LogP contribution >= 0.6 is 0 Å². The summed E-state index contributed by atoms with van der Waals surface area (Å²) >= 11 is 0. The molecule has 0 spiro atoms. The van der Waals surface area contributed by atoms with E-state index >= 15 is 0 Å². The highest BCUT2D eigenvalue weighted by molar-refractivity contribution is 6.06. The summed E-state index contributed by atoms with van der Waals surface area (Å²) in [6.45, 7) is 11.4. The van der Waals surface area contributed by atoms with Gasteiger partial charge in [0.25, 0.3) is 0 Å². The summed E-state index contributed by atoms with van der Waals surface area (Å²) in [5.41, 5.74) is 9.36. The van der Waals surface area contributed by atoms with Crippen LogP contribution in [0.3, 0.4) is 0 Å². The summed E-state index contributed by atoms with van der Waals surface area (Å²) in [6.07, 6.45) is 6.79. The van der Waals surface area contributed by atoms with Gasteiger partial charge in [-0.05, 0) is 75.9 Å². The number of aryl methyl sites for hydroxylation is 1. The number of furan rings is 1. The molecule has 0 amide bonds. The van der Waals surface area contributed by atoms with Gasteiger partial charge in [-0.25, -0.2) is 0 Å². The lowest BCUT2D eigenvalue weighted by Crippen LogP contribution is -2.12. The first-order valence-electron chi connectivity index (χ1n) is 12.7. The molecule has 0 atom stereocenters. The molecule has 35 heavy (non-hydrogen) atoms. The highest BCUT2D eigenvalue weighted by Gasteiger charge is 2.28. The Bertz CT molecular complexity index is 1580. The van der Waals surface area contributed by atoms with Crippen molar-refractivity contribution in [2.24, 2.45) is 5.92 Å². The molecule has 6 rings (SSSR count). The second-order valence-corrected chi connectivity index (χ2v) is 11.3. The Morgan fingerprint density at radius 1 is 0.914 bits per heavy atom. The summed E-state index contributed by atoms with van der Waals surface area (Å²) < 4.78 is 6.44. The zero-order valence-electron chi connectivity index (χ0n) is 21.3. The maximum Gasteiger partial charge on any atom is 0.138 e. The van der Waals surface area contributed by atoms with Crippen LogP contribution in [0, 0.1) is 5.92 Å². The molecule has 2 aromatic carbocycles. The average Bonchev–Trinajstić information content (AvgIpc) is 3.22. The van der Waals surface area contributed by atoms with Crippen molar-refractivity contribution in [3.05, 3.63) is 83.4 Å². The molecule has 0 bridgehead atoms. The van der Waals surface area contributed by atoms with E-state index in [9.17, 15) is 0 Å². The van der Waals surface area contributed by atoms with Gasteiger partial charge in [-0.3, -0.25) is 9.97 Å². The lowest BCUT2D eigenvalue weighted by molar-refractivity contribution is 0.543. The third-order valence-corrected chi connectivity index (χ3v) is 7.24. The van der Waals surface area contributed by atoms with Crippen molar-refractivity contribution in [3.63, 3.8) is 0 Å². The molecule has 0 saturated carbocycles. The quantitative estimate of drug-likeness (QED) is 0.272. The third-order valence-electron chi connectivity index (χ3n) is 7.24. The van der Waals surface area contributed by atoms with Crippen LogP contribution in [-0.2, 0) is 24.7 Å². The van der Waals surface area contributed by atoms with E-state index < -0.39 is 0 Å². The Labute approximate surface area is 207 Å². The molecule has 0 fully saturated rings. The summed E-state index contributed by atoms with van der Waals surface area (Å²) in [4.78, 5) is 9.85. The van der Waals surface area contributed by atoms with Crippen LogP contribution in [0.5, 0.6) is 0 Å². The maximum absolute atomic E-state index is 6.44. The third kappa shape index (κ3) is 3.65. The SMILES string of the molecule is CC(C)Cc1ccnc2c1CCc1oc3ccnc(-c4cc(C(C)(C)C)c5ccccc5c4)c3c1-2. The van der Waals surface area contributed by atoms with Crippen molar-refractivity contribution < 1.29 is 4.42 Å². The van der Waals surface area contributed by atoms with Crippen molar-refractivity contribution in [1.29, 1.82) is 0 Å². The zero-order chi connectivity index (χ0) is 24.3. The molecule has 176 valence electrons. The fraction of sp³-hybridized carbons (Fsp3) is 0.312. The lowest BCUT2D eigenvalue weighted by Gasteiger charge is -2.23. The number of aromatic nitrogens is 2. The predicted octanol–water partition coefficient (Wildman–Crippen LogP) is 8.30. The van der Waals surface area contributed by atoms with Gasteiger partial charge in [0.1, 0.15) is 11.3 Å². The van der Waals surface area contributed by atoms with E-state index in [0.29, 0.717) is 5.92 Å². The Kier molecular flexibility index (Phi) is 5.07. The topological polar surface area (TPSA) is 38.9 Å². The number of rotatable bonds is 3. The van der Waals surface area contributed by atoms with Crippen LogP contribution in [0.25, 0.3) is 44.3 Å². The highest BCUT2D eigenvalue weighted by atomic mass is 16.3. The molecule has 1 aliphatic carbocycles. The molecule has 0 aliphatic heterocycles. The van der Waals surface area contributed by atoms with Crippen LogP contribution in [0.4, 0.5) is 0 Å². The van der Waals surface area contributed by atoms with Gasteiger partial charge in [0.2, 0.25) is 0 Å². The fourth-order valence-corrected chi connectivity index (χ4v) is 5.70. The number of fused-ring (bicyclic) bond motifs is 6. The standard InChI is InChI=1S/C32H32N2O/c1-19(2)16-21-12-14-34-31-24(21)10-11-26-29(31)28-27(35-26)13-15-33-30(28)22-17-20-8-6-7-9-23(20)25(18-22)32(3,4)5/h6-9,12-15,17-19H,10-11,16H2,1-5H3. The van der Waals surface area contributed by atoms with Gasteiger partial charge in [0.15, 0.2) is 0 Å². The monoisotopic (exact) mass is 460 g/mol. The molecule has 0 radical (unpaired) electrons. The van der Waals surface area contributed by atoms with Crippen molar-refractivity contribution in [2.75, 3.05) is 0 Å². The minimum Gasteiger partial charge on any atom is -0.460 e. The Morgan fingerprint density at radius 2 is 1.69 bits per heavy atom. The largest absolute Gasteiger partial charge is 0.460 e. The smallest absolute Gasteiger partial charge is 0.138 e. The summed E-state index contributed by atoms with van der Waals surface area (Å²) in [6, 6.07) is 17.5. The summed E-state index contributed by atoms with van der Waals surface area (Å²) in [5.74, 6) is 1.64. The highest BCUT2D eigenvalue weighted by Crippen LogP contribution is 2.45. The summed E-state index contributed by atoms with van der Waals surface area (Å²) in [7, 11) is 0. The van der Waals surface area contributed by atoms with E-state index in [1.807, 2.05) is 18.5 Å². The van der Waals surface area contributed by atoms with Gasteiger partial charge in [-0.2, -0.15) is 0 Å². The molecule has 3 heterocycles. The molecule has 0 N–H and O–H groups in total. The van der Waals surface area contributed by atoms with E-state index in [-0.39, 0.29) is 5.41 Å². The molecular formula is C32H32N2O. The molecule has 1 aliphatic rings. The normalized spacial score (nSPS) is 13.4.